The Morgan fingerprint density at radius 2 is 2.08 bits per heavy atom. The highest BCUT2D eigenvalue weighted by atomic mass is 32.1. The van der Waals surface area contributed by atoms with Gasteiger partial charge in [0.2, 0.25) is 5.91 Å². The minimum Gasteiger partial charge on any atom is -0.435 e. The van der Waals surface area contributed by atoms with Crippen LogP contribution >= 0.6 is 11.3 Å². The number of rotatable bonds is 8. The van der Waals surface area contributed by atoms with Crippen LogP contribution in [0.1, 0.15) is 35.3 Å². The van der Waals surface area contributed by atoms with E-state index in [0.717, 1.165) is 0 Å². The summed E-state index contributed by atoms with van der Waals surface area (Å²) in [5.74, 6) is -0.436. The van der Waals surface area contributed by atoms with Crippen molar-refractivity contribution in [3.63, 3.8) is 0 Å². The van der Waals surface area contributed by atoms with E-state index in [1.807, 2.05) is 0 Å². The van der Waals surface area contributed by atoms with Crippen molar-refractivity contribution in [2.75, 3.05) is 6.54 Å². The zero-order valence-electron chi connectivity index (χ0n) is 13.5. The lowest BCUT2D eigenvalue weighted by molar-refractivity contribution is -0.121. The van der Waals surface area contributed by atoms with Crippen LogP contribution in [0.15, 0.2) is 41.1 Å². The number of hydrogen-bond donors (Lipinski definition) is 2. The number of hydrogen-bond acceptors (Lipinski definition) is 4. The van der Waals surface area contributed by atoms with E-state index in [1.54, 1.807) is 35.9 Å². The predicted octanol–water partition coefficient (Wildman–Crippen LogP) is 3.35. The normalized spacial score (nSPS) is 11.8. The van der Waals surface area contributed by atoms with E-state index in [2.05, 4.69) is 15.4 Å². The second-order valence-corrected chi connectivity index (χ2v) is 6.04. The van der Waals surface area contributed by atoms with Gasteiger partial charge in [-0.3, -0.25) is 9.59 Å². The van der Waals surface area contributed by atoms with E-state index in [0.29, 0.717) is 11.1 Å². The summed E-state index contributed by atoms with van der Waals surface area (Å²) in [5.41, 5.74) is 1.21. The first-order valence-corrected chi connectivity index (χ1v) is 8.54. The number of halogens is 2. The Labute approximate surface area is 148 Å². The van der Waals surface area contributed by atoms with Crippen molar-refractivity contribution in [2.24, 2.45) is 0 Å². The van der Waals surface area contributed by atoms with Crippen molar-refractivity contribution in [3.05, 3.63) is 52.2 Å². The molecule has 25 heavy (non-hydrogen) atoms. The zero-order chi connectivity index (χ0) is 18.2. The third-order valence-corrected chi connectivity index (χ3v) is 4.06. The fourth-order valence-electron chi connectivity index (χ4n) is 2.14. The van der Waals surface area contributed by atoms with E-state index in [9.17, 15) is 18.4 Å². The maximum absolute atomic E-state index is 12.2. The van der Waals surface area contributed by atoms with Crippen LogP contribution in [0.4, 0.5) is 8.78 Å². The van der Waals surface area contributed by atoms with Gasteiger partial charge in [0, 0.05) is 23.9 Å². The van der Waals surface area contributed by atoms with Crippen LogP contribution in [0.5, 0.6) is 5.75 Å². The minimum atomic E-state index is -2.90. The van der Waals surface area contributed by atoms with Gasteiger partial charge in [-0.05, 0) is 36.1 Å². The molecule has 1 atom stereocenters. The first-order chi connectivity index (χ1) is 12.0. The van der Waals surface area contributed by atoms with Gasteiger partial charge in [-0.15, -0.1) is 0 Å². The van der Waals surface area contributed by atoms with Crippen LogP contribution < -0.4 is 15.4 Å². The summed E-state index contributed by atoms with van der Waals surface area (Å²) in [6.45, 7) is -0.947. The average Bonchev–Trinajstić information content (AvgIpc) is 3.09. The molecule has 1 aromatic heterocycles. The summed E-state index contributed by atoms with van der Waals surface area (Å²) >= 11 is 1.42. The van der Waals surface area contributed by atoms with Crippen LogP contribution in [0, 0.1) is 0 Å². The SMILES string of the molecule is CC(NC(=O)CCNC(=O)c1ccsc1)c1cccc(OC(F)F)c1. The number of amides is 2. The van der Waals surface area contributed by atoms with Crippen molar-refractivity contribution in [3.8, 4) is 5.75 Å². The molecule has 0 bridgehead atoms. The van der Waals surface area contributed by atoms with Gasteiger partial charge in [0.1, 0.15) is 5.75 Å². The van der Waals surface area contributed by atoms with E-state index < -0.39 is 6.61 Å². The molecule has 1 heterocycles. The molecule has 134 valence electrons. The molecule has 5 nitrogen and oxygen atoms in total. The van der Waals surface area contributed by atoms with Gasteiger partial charge in [0.15, 0.2) is 0 Å². The van der Waals surface area contributed by atoms with Gasteiger partial charge in [-0.2, -0.15) is 20.1 Å². The van der Waals surface area contributed by atoms with Crippen molar-refractivity contribution in [1.82, 2.24) is 10.6 Å². The molecule has 0 saturated carbocycles. The van der Waals surface area contributed by atoms with Gasteiger partial charge in [-0.25, -0.2) is 0 Å². The molecular weight excluding hydrogens is 350 g/mol. The fourth-order valence-corrected chi connectivity index (χ4v) is 2.78. The summed E-state index contributed by atoms with van der Waals surface area (Å²) in [5, 5.41) is 8.95. The molecule has 0 aliphatic heterocycles. The van der Waals surface area contributed by atoms with Crippen LogP contribution in [0.3, 0.4) is 0 Å². The van der Waals surface area contributed by atoms with Crippen LogP contribution in [0.2, 0.25) is 0 Å². The molecule has 0 aliphatic rings. The Morgan fingerprint density at radius 3 is 2.76 bits per heavy atom. The molecule has 1 unspecified atom stereocenters. The summed E-state index contributed by atoms with van der Waals surface area (Å²) in [7, 11) is 0. The van der Waals surface area contributed by atoms with Gasteiger partial charge < -0.3 is 15.4 Å². The van der Waals surface area contributed by atoms with Gasteiger partial charge >= 0.3 is 6.61 Å². The Hall–Kier alpha value is -2.48. The summed E-state index contributed by atoms with van der Waals surface area (Å²) in [4.78, 5) is 23.7. The van der Waals surface area contributed by atoms with E-state index in [4.69, 9.17) is 0 Å². The monoisotopic (exact) mass is 368 g/mol. The number of carbonyl (C=O) groups is 2. The Morgan fingerprint density at radius 1 is 1.28 bits per heavy atom. The van der Waals surface area contributed by atoms with Crippen molar-refractivity contribution < 1.29 is 23.1 Å². The average molecular weight is 368 g/mol. The van der Waals surface area contributed by atoms with E-state index in [1.165, 1.54) is 23.5 Å². The Balaban J connectivity index is 1.78. The highest BCUT2D eigenvalue weighted by Gasteiger charge is 2.12. The number of benzene rings is 1. The Kier molecular flexibility index (Phi) is 6.88. The lowest BCUT2D eigenvalue weighted by Gasteiger charge is -2.15. The first kappa shape index (κ1) is 18.9. The molecule has 0 spiro atoms. The highest BCUT2D eigenvalue weighted by Crippen LogP contribution is 2.20. The maximum Gasteiger partial charge on any atom is 0.387 e. The zero-order valence-corrected chi connectivity index (χ0v) is 14.3. The molecule has 0 aliphatic carbocycles. The second-order valence-electron chi connectivity index (χ2n) is 5.26. The predicted molar refractivity (Wildman–Crippen MR) is 90.9 cm³/mol. The molecule has 1 aromatic carbocycles. The fraction of sp³-hybridized carbons (Fsp3) is 0.294. The quantitative estimate of drug-likeness (QED) is 0.751. The van der Waals surface area contributed by atoms with E-state index in [-0.39, 0.29) is 36.6 Å². The number of alkyl halides is 2. The number of nitrogens with one attached hydrogen (secondary N) is 2. The first-order valence-electron chi connectivity index (χ1n) is 7.60. The van der Waals surface area contributed by atoms with Gasteiger partial charge in [-0.1, -0.05) is 12.1 Å². The molecule has 2 N–H and O–H groups in total. The largest absolute Gasteiger partial charge is 0.435 e. The van der Waals surface area contributed by atoms with E-state index >= 15 is 0 Å². The third-order valence-electron chi connectivity index (χ3n) is 3.38. The molecule has 2 amide bonds. The molecule has 2 aromatic rings. The molecule has 2 rings (SSSR count). The number of carbonyl (C=O) groups excluding carboxylic acids is 2. The van der Waals surface area contributed by atoms with Crippen molar-refractivity contribution in [1.29, 1.82) is 0 Å². The van der Waals surface area contributed by atoms with Gasteiger partial charge in [0.25, 0.3) is 5.91 Å². The number of thiophene rings is 1. The lowest BCUT2D eigenvalue weighted by Crippen LogP contribution is -2.32. The molecular formula is C17H18F2N2O3S. The number of ether oxygens (including phenoxy) is 1. The smallest absolute Gasteiger partial charge is 0.387 e. The summed E-state index contributed by atoms with van der Waals surface area (Å²) < 4.78 is 28.8. The minimum absolute atomic E-state index is 0.0385. The molecule has 0 fully saturated rings. The summed E-state index contributed by atoms with van der Waals surface area (Å²) in [6.07, 6.45) is 0.118. The topological polar surface area (TPSA) is 67.4 Å². The summed E-state index contributed by atoms with van der Waals surface area (Å²) in [6, 6.07) is 7.50. The Bertz CT molecular complexity index is 708. The third kappa shape index (κ3) is 6.15. The lowest BCUT2D eigenvalue weighted by atomic mass is 10.1. The van der Waals surface area contributed by atoms with Crippen molar-refractivity contribution >= 4 is 23.2 Å². The standard InChI is InChI=1S/C17H18F2N2O3S/c1-11(12-3-2-4-14(9-12)24-17(18)19)21-15(22)5-7-20-16(23)13-6-8-25-10-13/h2-4,6,8-11,17H,5,7H2,1H3,(H,20,23)(H,21,22). The molecule has 0 radical (unpaired) electrons. The van der Waals surface area contributed by atoms with Crippen molar-refractivity contribution in [2.45, 2.75) is 26.0 Å². The second kappa shape index (κ2) is 9.12. The van der Waals surface area contributed by atoms with Crippen LogP contribution in [0.25, 0.3) is 0 Å². The van der Waals surface area contributed by atoms with Gasteiger partial charge in [0.05, 0.1) is 6.04 Å². The molecule has 8 heteroatoms. The molecule has 0 saturated heterocycles. The highest BCUT2D eigenvalue weighted by molar-refractivity contribution is 7.08. The maximum atomic E-state index is 12.2. The van der Waals surface area contributed by atoms with Crippen LogP contribution in [-0.2, 0) is 4.79 Å². The van der Waals surface area contributed by atoms with Crippen LogP contribution in [-0.4, -0.2) is 25.0 Å².